The SMILES string of the molecule is COc1cc2c(cc1OC)[C@H](c1ccccc1)N(C(=O)Cc1nc(-c3cccc(C(F)(F)F)c3)oc1C)CC2. The van der Waals surface area contributed by atoms with Gasteiger partial charge in [-0.1, -0.05) is 36.4 Å². The third-order valence-electron chi connectivity index (χ3n) is 6.96. The Labute approximate surface area is 224 Å². The number of methoxy groups -OCH3 is 2. The number of carbonyl (C=O) groups is 1. The van der Waals surface area contributed by atoms with Crippen LogP contribution in [0.1, 0.15) is 39.7 Å². The molecule has 1 aliphatic rings. The molecule has 0 aliphatic carbocycles. The van der Waals surface area contributed by atoms with Gasteiger partial charge >= 0.3 is 6.18 Å². The molecular formula is C30H27F3N2O4. The average molecular weight is 537 g/mol. The van der Waals surface area contributed by atoms with E-state index in [1.54, 1.807) is 21.1 Å². The lowest BCUT2D eigenvalue weighted by Gasteiger charge is -2.38. The van der Waals surface area contributed by atoms with Gasteiger partial charge in [0.25, 0.3) is 0 Å². The Bertz CT molecular complexity index is 1500. The summed E-state index contributed by atoms with van der Waals surface area (Å²) < 4.78 is 56.3. The maximum atomic E-state index is 13.8. The highest BCUT2D eigenvalue weighted by molar-refractivity contribution is 5.80. The van der Waals surface area contributed by atoms with Crippen LogP contribution in [0, 0.1) is 6.92 Å². The first-order valence-corrected chi connectivity index (χ1v) is 12.4. The summed E-state index contributed by atoms with van der Waals surface area (Å²) in [6.07, 6.45) is -3.92. The Hall–Kier alpha value is -4.27. The number of hydrogen-bond acceptors (Lipinski definition) is 5. The molecule has 0 fully saturated rings. The van der Waals surface area contributed by atoms with E-state index in [9.17, 15) is 18.0 Å². The third-order valence-corrected chi connectivity index (χ3v) is 6.96. The van der Waals surface area contributed by atoms with Crippen LogP contribution in [0.2, 0.25) is 0 Å². The first-order valence-electron chi connectivity index (χ1n) is 12.4. The molecule has 2 heterocycles. The van der Waals surface area contributed by atoms with Crippen LogP contribution in [0.4, 0.5) is 13.2 Å². The Morgan fingerprint density at radius 2 is 1.74 bits per heavy atom. The summed E-state index contributed by atoms with van der Waals surface area (Å²) in [5.74, 6) is 1.46. The van der Waals surface area contributed by atoms with Gasteiger partial charge in [-0.2, -0.15) is 13.2 Å². The molecule has 9 heteroatoms. The van der Waals surface area contributed by atoms with Crippen molar-refractivity contribution < 1.29 is 31.9 Å². The van der Waals surface area contributed by atoms with Crippen molar-refractivity contribution in [3.05, 3.63) is 100 Å². The van der Waals surface area contributed by atoms with Crippen molar-refractivity contribution in [2.45, 2.75) is 32.0 Å². The maximum Gasteiger partial charge on any atom is 0.416 e. The summed E-state index contributed by atoms with van der Waals surface area (Å²) in [6, 6.07) is 18.0. The summed E-state index contributed by atoms with van der Waals surface area (Å²) in [6.45, 7) is 2.13. The predicted octanol–water partition coefficient (Wildman–Crippen LogP) is 6.40. The fourth-order valence-electron chi connectivity index (χ4n) is 5.00. The zero-order chi connectivity index (χ0) is 27.7. The van der Waals surface area contributed by atoms with Crippen molar-refractivity contribution in [2.75, 3.05) is 20.8 Å². The molecule has 0 saturated heterocycles. The highest BCUT2D eigenvalue weighted by Gasteiger charge is 2.34. The Morgan fingerprint density at radius 3 is 2.44 bits per heavy atom. The topological polar surface area (TPSA) is 64.8 Å². The number of rotatable bonds is 6. The highest BCUT2D eigenvalue weighted by atomic mass is 19.4. The summed E-state index contributed by atoms with van der Waals surface area (Å²) in [7, 11) is 3.16. The second-order valence-electron chi connectivity index (χ2n) is 9.33. The van der Waals surface area contributed by atoms with E-state index in [2.05, 4.69) is 4.98 Å². The number of aryl methyl sites for hydroxylation is 1. The Morgan fingerprint density at radius 1 is 1.03 bits per heavy atom. The monoisotopic (exact) mass is 536 g/mol. The van der Waals surface area contributed by atoms with Gasteiger partial charge < -0.3 is 18.8 Å². The van der Waals surface area contributed by atoms with Gasteiger partial charge in [0.05, 0.1) is 37.9 Å². The van der Waals surface area contributed by atoms with Crippen LogP contribution in [-0.4, -0.2) is 36.6 Å². The quantitative estimate of drug-likeness (QED) is 0.285. The van der Waals surface area contributed by atoms with E-state index < -0.39 is 11.7 Å². The molecule has 5 rings (SSSR count). The average Bonchev–Trinajstić information content (AvgIpc) is 3.31. The lowest BCUT2D eigenvalue weighted by Crippen LogP contribution is -2.41. The Balaban J connectivity index is 1.47. The minimum atomic E-state index is -4.49. The zero-order valence-corrected chi connectivity index (χ0v) is 21.7. The van der Waals surface area contributed by atoms with E-state index in [0.29, 0.717) is 35.9 Å². The van der Waals surface area contributed by atoms with Gasteiger partial charge in [0.2, 0.25) is 11.8 Å². The molecular weight excluding hydrogens is 509 g/mol. The number of carbonyl (C=O) groups excluding carboxylic acids is 1. The van der Waals surface area contributed by atoms with Crippen LogP contribution in [0.25, 0.3) is 11.5 Å². The van der Waals surface area contributed by atoms with E-state index in [0.717, 1.165) is 28.8 Å². The van der Waals surface area contributed by atoms with Crippen molar-refractivity contribution in [3.8, 4) is 23.0 Å². The molecule has 39 heavy (non-hydrogen) atoms. The number of hydrogen-bond donors (Lipinski definition) is 0. The number of fused-ring (bicyclic) bond motifs is 1. The largest absolute Gasteiger partial charge is 0.493 e. The standard InChI is InChI=1S/C30H27F3N2O4/c1-18-24(34-29(39-18)21-10-7-11-22(14-21)30(31,32)33)17-27(36)35-13-12-20-15-25(37-2)26(38-3)16-23(20)28(35)19-8-5-4-6-9-19/h4-11,14-16,28H,12-13,17H2,1-3H3/t28-/m0/s1. The second-order valence-corrected chi connectivity index (χ2v) is 9.33. The van der Waals surface area contributed by atoms with Crippen molar-refractivity contribution in [2.24, 2.45) is 0 Å². The van der Waals surface area contributed by atoms with Crippen molar-refractivity contribution in [1.82, 2.24) is 9.88 Å². The van der Waals surface area contributed by atoms with Gasteiger partial charge in [-0.15, -0.1) is 0 Å². The van der Waals surface area contributed by atoms with Gasteiger partial charge in [0.1, 0.15) is 5.76 Å². The molecule has 1 aromatic heterocycles. The smallest absolute Gasteiger partial charge is 0.416 e. The van der Waals surface area contributed by atoms with Crippen molar-refractivity contribution in [1.29, 1.82) is 0 Å². The number of oxazole rings is 1. The zero-order valence-electron chi connectivity index (χ0n) is 21.7. The number of amides is 1. The number of nitrogens with zero attached hydrogens (tertiary/aromatic N) is 2. The number of ether oxygens (including phenoxy) is 2. The lowest BCUT2D eigenvalue weighted by atomic mass is 9.87. The molecule has 0 radical (unpaired) electrons. The molecule has 3 aromatic carbocycles. The van der Waals surface area contributed by atoms with Gasteiger partial charge in [0.15, 0.2) is 11.5 Å². The fraction of sp³-hybridized carbons (Fsp3) is 0.267. The van der Waals surface area contributed by atoms with Crippen LogP contribution in [0.3, 0.4) is 0 Å². The molecule has 202 valence electrons. The van der Waals surface area contributed by atoms with E-state index >= 15 is 0 Å². The van der Waals surface area contributed by atoms with E-state index in [1.165, 1.54) is 12.1 Å². The highest BCUT2D eigenvalue weighted by Crippen LogP contribution is 2.41. The third kappa shape index (κ3) is 5.21. The van der Waals surface area contributed by atoms with Crippen LogP contribution in [-0.2, 0) is 23.8 Å². The Kier molecular flexibility index (Phi) is 7.08. The molecule has 1 amide bonds. The first kappa shape index (κ1) is 26.3. The van der Waals surface area contributed by atoms with Crippen LogP contribution >= 0.6 is 0 Å². The lowest BCUT2D eigenvalue weighted by molar-refractivity contribution is -0.137. The van der Waals surface area contributed by atoms with E-state index in [1.807, 2.05) is 47.4 Å². The van der Waals surface area contributed by atoms with Crippen molar-refractivity contribution >= 4 is 5.91 Å². The molecule has 0 spiro atoms. The van der Waals surface area contributed by atoms with Gasteiger partial charge in [-0.3, -0.25) is 4.79 Å². The molecule has 0 unspecified atom stereocenters. The summed E-state index contributed by atoms with van der Waals surface area (Å²) in [4.78, 5) is 20.0. The molecule has 0 saturated carbocycles. The van der Waals surface area contributed by atoms with Gasteiger partial charge in [-0.05, 0) is 60.4 Å². The molecule has 1 aliphatic heterocycles. The minimum absolute atomic E-state index is 0.0434. The normalized spacial score (nSPS) is 15.1. The fourth-order valence-corrected chi connectivity index (χ4v) is 5.00. The van der Waals surface area contributed by atoms with E-state index in [-0.39, 0.29) is 29.8 Å². The van der Waals surface area contributed by atoms with Gasteiger partial charge in [-0.25, -0.2) is 4.98 Å². The number of aromatic nitrogens is 1. The van der Waals surface area contributed by atoms with Crippen molar-refractivity contribution in [3.63, 3.8) is 0 Å². The molecule has 0 N–H and O–H groups in total. The summed E-state index contributed by atoms with van der Waals surface area (Å²) in [5.41, 5.74) is 2.74. The number of benzene rings is 3. The number of alkyl halides is 3. The number of halogens is 3. The minimum Gasteiger partial charge on any atom is -0.493 e. The molecule has 1 atom stereocenters. The van der Waals surface area contributed by atoms with Crippen LogP contribution < -0.4 is 9.47 Å². The predicted molar refractivity (Wildman–Crippen MR) is 139 cm³/mol. The molecule has 6 nitrogen and oxygen atoms in total. The van der Waals surface area contributed by atoms with Crippen LogP contribution in [0.5, 0.6) is 11.5 Å². The maximum absolute atomic E-state index is 13.8. The van der Waals surface area contributed by atoms with E-state index in [4.69, 9.17) is 13.9 Å². The first-order chi connectivity index (χ1) is 18.7. The summed E-state index contributed by atoms with van der Waals surface area (Å²) >= 11 is 0. The molecule has 0 bridgehead atoms. The second kappa shape index (κ2) is 10.5. The van der Waals surface area contributed by atoms with Crippen LogP contribution in [0.15, 0.2) is 71.1 Å². The molecule has 4 aromatic rings. The van der Waals surface area contributed by atoms with Gasteiger partial charge in [0, 0.05) is 12.1 Å². The summed E-state index contributed by atoms with van der Waals surface area (Å²) in [5, 5.41) is 0.